The lowest BCUT2D eigenvalue weighted by atomic mass is 10.1. The van der Waals surface area contributed by atoms with Crippen molar-refractivity contribution in [3.05, 3.63) is 65.4 Å². The van der Waals surface area contributed by atoms with Crippen molar-refractivity contribution in [1.82, 2.24) is 9.38 Å². The average Bonchev–Trinajstić information content (AvgIpc) is 3.09. The molecule has 0 aliphatic rings. The van der Waals surface area contributed by atoms with Crippen LogP contribution in [-0.4, -0.2) is 15.6 Å². The topological polar surface area (TPSA) is 41.7 Å². The second-order valence-electron chi connectivity index (χ2n) is 5.07. The predicted octanol–water partition coefficient (Wildman–Crippen LogP) is 4.30. The van der Waals surface area contributed by atoms with Crippen molar-refractivity contribution in [3.63, 3.8) is 0 Å². The zero-order valence-corrected chi connectivity index (χ0v) is 12.8. The SMILES string of the molecule is Cc1nc2sccn2c1C=NNc1ccc2ccccc2c1. The zero-order valence-electron chi connectivity index (χ0n) is 12.0. The smallest absolute Gasteiger partial charge is 0.194 e. The molecule has 0 unspecified atom stereocenters. The van der Waals surface area contributed by atoms with Gasteiger partial charge < -0.3 is 0 Å². The molecular weight excluding hydrogens is 292 g/mol. The molecule has 4 rings (SSSR count). The molecule has 2 heterocycles. The van der Waals surface area contributed by atoms with Crippen LogP contribution in [0.15, 0.2) is 59.1 Å². The number of nitrogens with one attached hydrogen (secondary N) is 1. The van der Waals surface area contributed by atoms with E-state index in [4.69, 9.17) is 0 Å². The van der Waals surface area contributed by atoms with Crippen molar-refractivity contribution in [2.75, 3.05) is 5.43 Å². The number of thiazole rings is 1. The Kier molecular flexibility index (Phi) is 3.12. The van der Waals surface area contributed by atoms with Gasteiger partial charge >= 0.3 is 0 Å². The number of hydrogen-bond acceptors (Lipinski definition) is 4. The fraction of sp³-hybridized carbons (Fsp3) is 0.0588. The minimum atomic E-state index is 0.971. The fourth-order valence-electron chi connectivity index (χ4n) is 2.49. The van der Waals surface area contributed by atoms with Crippen molar-refractivity contribution in [1.29, 1.82) is 0 Å². The Labute approximate surface area is 131 Å². The van der Waals surface area contributed by atoms with Crippen LogP contribution in [0.3, 0.4) is 0 Å². The average molecular weight is 306 g/mol. The summed E-state index contributed by atoms with van der Waals surface area (Å²) in [4.78, 5) is 5.49. The van der Waals surface area contributed by atoms with Crippen LogP contribution in [0.25, 0.3) is 15.7 Å². The molecule has 4 nitrogen and oxygen atoms in total. The van der Waals surface area contributed by atoms with Crippen LogP contribution >= 0.6 is 11.3 Å². The summed E-state index contributed by atoms with van der Waals surface area (Å²) in [6.45, 7) is 2.00. The maximum atomic E-state index is 4.50. The largest absolute Gasteiger partial charge is 0.289 e. The Balaban J connectivity index is 1.60. The molecule has 0 aliphatic carbocycles. The molecular formula is C17H14N4S. The Morgan fingerprint density at radius 1 is 1.18 bits per heavy atom. The number of hydrogen-bond donors (Lipinski definition) is 1. The van der Waals surface area contributed by atoms with E-state index in [2.05, 4.69) is 39.8 Å². The van der Waals surface area contributed by atoms with Gasteiger partial charge in [0, 0.05) is 11.6 Å². The minimum absolute atomic E-state index is 0.971. The van der Waals surface area contributed by atoms with E-state index in [1.165, 1.54) is 10.8 Å². The monoisotopic (exact) mass is 306 g/mol. The van der Waals surface area contributed by atoms with Crippen LogP contribution in [0.1, 0.15) is 11.4 Å². The number of benzene rings is 2. The predicted molar refractivity (Wildman–Crippen MR) is 93.0 cm³/mol. The first-order valence-corrected chi connectivity index (χ1v) is 7.89. The first-order valence-electron chi connectivity index (χ1n) is 7.01. The Morgan fingerprint density at radius 3 is 2.95 bits per heavy atom. The van der Waals surface area contributed by atoms with E-state index < -0.39 is 0 Å². The van der Waals surface area contributed by atoms with Gasteiger partial charge in [-0.3, -0.25) is 9.83 Å². The lowest BCUT2D eigenvalue weighted by Gasteiger charge is -2.02. The fourth-order valence-corrected chi connectivity index (χ4v) is 3.26. The number of nitrogens with zero attached hydrogens (tertiary/aromatic N) is 3. The van der Waals surface area contributed by atoms with Gasteiger partial charge in [-0.25, -0.2) is 4.98 Å². The quantitative estimate of drug-likeness (QED) is 0.453. The van der Waals surface area contributed by atoms with Crippen LogP contribution in [0, 0.1) is 6.92 Å². The number of hydrazone groups is 1. The molecule has 0 fully saturated rings. The van der Waals surface area contributed by atoms with Gasteiger partial charge in [-0.1, -0.05) is 30.3 Å². The highest BCUT2D eigenvalue weighted by atomic mass is 32.1. The van der Waals surface area contributed by atoms with Crippen molar-refractivity contribution in [2.45, 2.75) is 6.92 Å². The summed E-state index contributed by atoms with van der Waals surface area (Å²) in [6, 6.07) is 14.5. The molecule has 4 aromatic rings. The molecule has 0 saturated carbocycles. The molecule has 0 bridgehead atoms. The molecule has 2 aromatic heterocycles. The van der Waals surface area contributed by atoms with E-state index in [1.54, 1.807) is 11.3 Å². The number of aryl methyl sites for hydroxylation is 1. The van der Waals surface area contributed by atoms with Crippen molar-refractivity contribution < 1.29 is 0 Å². The highest BCUT2D eigenvalue weighted by Gasteiger charge is 2.06. The Morgan fingerprint density at radius 2 is 2.05 bits per heavy atom. The molecule has 0 amide bonds. The van der Waals surface area contributed by atoms with E-state index >= 15 is 0 Å². The van der Waals surface area contributed by atoms with Crippen LogP contribution in [-0.2, 0) is 0 Å². The molecule has 5 heteroatoms. The van der Waals surface area contributed by atoms with Gasteiger partial charge in [-0.15, -0.1) is 11.3 Å². The van der Waals surface area contributed by atoms with Gasteiger partial charge in [0.2, 0.25) is 0 Å². The highest BCUT2D eigenvalue weighted by molar-refractivity contribution is 7.15. The number of fused-ring (bicyclic) bond motifs is 2. The summed E-state index contributed by atoms with van der Waals surface area (Å²) in [5, 5.41) is 8.80. The third-order valence-corrected chi connectivity index (χ3v) is 4.37. The Hall–Kier alpha value is -2.66. The van der Waals surface area contributed by atoms with E-state index in [0.717, 1.165) is 22.0 Å². The maximum Gasteiger partial charge on any atom is 0.194 e. The van der Waals surface area contributed by atoms with Crippen LogP contribution in [0.4, 0.5) is 5.69 Å². The first kappa shape index (κ1) is 13.0. The number of imidazole rings is 1. The normalized spacial score (nSPS) is 11.7. The second kappa shape index (κ2) is 5.27. The number of rotatable bonds is 3. The lowest BCUT2D eigenvalue weighted by molar-refractivity contribution is 1.19. The molecule has 0 radical (unpaired) electrons. The van der Waals surface area contributed by atoms with E-state index in [9.17, 15) is 0 Å². The zero-order chi connectivity index (χ0) is 14.9. The second-order valence-corrected chi connectivity index (χ2v) is 5.94. The van der Waals surface area contributed by atoms with E-state index in [0.29, 0.717) is 0 Å². The van der Waals surface area contributed by atoms with Crippen molar-refractivity contribution in [3.8, 4) is 0 Å². The molecule has 0 spiro atoms. The summed E-state index contributed by atoms with van der Waals surface area (Å²) < 4.78 is 2.05. The van der Waals surface area contributed by atoms with Crippen molar-refractivity contribution in [2.24, 2.45) is 5.10 Å². The number of aromatic nitrogens is 2. The van der Waals surface area contributed by atoms with Gasteiger partial charge in [-0.2, -0.15) is 5.10 Å². The molecule has 0 aliphatic heterocycles. The van der Waals surface area contributed by atoms with Crippen molar-refractivity contribution >= 4 is 39.0 Å². The number of anilines is 1. The summed E-state index contributed by atoms with van der Waals surface area (Å²) in [5.74, 6) is 0. The third-order valence-electron chi connectivity index (χ3n) is 3.61. The van der Waals surface area contributed by atoms with Gasteiger partial charge in [0.05, 0.1) is 23.3 Å². The van der Waals surface area contributed by atoms with E-state index in [1.807, 2.05) is 47.3 Å². The van der Waals surface area contributed by atoms with Gasteiger partial charge in [0.25, 0.3) is 0 Å². The lowest BCUT2D eigenvalue weighted by Crippen LogP contribution is -1.94. The highest BCUT2D eigenvalue weighted by Crippen LogP contribution is 2.19. The third kappa shape index (κ3) is 2.25. The van der Waals surface area contributed by atoms with E-state index in [-0.39, 0.29) is 0 Å². The minimum Gasteiger partial charge on any atom is -0.289 e. The summed E-state index contributed by atoms with van der Waals surface area (Å²) in [7, 11) is 0. The van der Waals surface area contributed by atoms with Gasteiger partial charge in [0.1, 0.15) is 0 Å². The Bertz CT molecular complexity index is 981. The summed E-state index contributed by atoms with van der Waals surface area (Å²) >= 11 is 1.62. The molecule has 0 atom stereocenters. The molecule has 0 saturated heterocycles. The summed E-state index contributed by atoms with van der Waals surface area (Å²) in [5.41, 5.74) is 6.05. The van der Waals surface area contributed by atoms with Crippen LogP contribution in [0.2, 0.25) is 0 Å². The first-order chi connectivity index (χ1) is 10.8. The maximum absolute atomic E-state index is 4.50. The molecule has 2 aromatic carbocycles. The summed E-state index contributed by atoms with van der Waals surface area (Å²) in [6.07, 6.45) is 3.83. The standard InChI is InChI=1S/C17H14N4S/c1-12-16(21-8-9-22-17(21)19-12)11-18-20-15-7-6-13-4-2-3-5-14(13)10-15/h2-11,20H,1H3. The van der Waals surface area contributed by atoms with Gasteiger partial charge in [-0.05, 0) is 29.8 Å². The molecule has 108 valence electrons. The molecule has 22 heavy (non-hydrogen) atoms. The van der Waals surface area contributed by atoms with Crippen LogP contribution < -0.4 is 5.43 Å². The van der Waals surface area contributed by atoms with Gasteiger partial charge in [0.15, 0.2) is 4.96 Å². The van der Waals surface area contributed by atoms with Crippen LogP contribution in [0.5, 0.6) is 0 Å². The molecule has 1 N–H and O–H groups in total.